The molecule has 0 aliphatic carbocycles. The molecule has 1 saturated heterocycles. The van der Waals surface area contributed by atoms with E-state index in [0.717, 1.165) is 27.2 Å². The van der Waals surface area contributed by atoms with Crippen molar-refractivity contribution in [1.29, 1.82) is 5.41 Å². The number of nitrogens with one attached hydrogen (secondary N) is 1. The topological polar surface area (TPSA) is 75.9 Å². The van der Waals surface area contributed by atoms with Crippen LogP contribution in [0.4, 0.5) is 0 Å². The highest BCUT2D eigenvalue weighted by molar-refractivity contribution is 9.10. The maximum atomic E-state index is 12.7. The molecule has 24 heavy (non-hydrogen) atoms. The third-order valence-electron chi connectivity index (χ3n) is 3.49. The zero-order chi connectivity index (χ0) is 17.3. The molecule has 0 spiro atoms. The zero-order valence-electron chi connectivity index (χ0n) is 13.0. The Kier molecular flexibility index (Phi) is 5.17. The maximum absolute atomic E-state index is 12.7. The number of allylic oxidation sites excluding steroid dienone is 1. The minimum absolute atomic E-state index is 0.0873. The molecule has 0 unspecified atom stereocenters. The van der Waals surface area contributed by atoms with Gasteiger partial charge in [0.2, 0.25) is 0 Å². The van der Waals surface area contributed by atoms with Crippen LogP contribution in [-0.2, 0) is 11.2 Å². The van der Waals surface area contributed by atoms with Crippen LogP contribution < -0.4 is 4.74 Å². The van der Waals surface area contributed by atoms with Gasteiger partial charge in [0, 0.05) is 0 Å². The molecule has 1 aliphatic heterocycles. The fraction of sp³-hybridized carbons (Fsp3) is 0.250. The highest BCUT2D eigenvalue weighted by atomic mass is 79.9. The second-order valence-electron chi connectivity index (χ2n) is 5.05. The van der Waals surface area contributed by atoms with Crippen LogP contribution in [0.1, 0.15) is 28.4 Å². The molecule has 1 aromatic heterocycles. The summed E-state index contributed by atoms with van der Waals surface area (Å²) in [7, 11) is 1.60. The minimum Gasteiger partial charge on any atom is -0.496 e. The third kappa shape index (κ3) is 3.31. The molecule has 1 aliphatic rings. The number of nitrogens with zero attached hydrogens (tertiary/aromatic N) is 2. The summed E-state index contributed by atoms with van der Waals surface area (Å²) in [5.74, 6) is 0.0330. The average molecular weight is 424 g/mol. The van der Waals surface area contributed by atoms with E-state index in [0.29, 0.717) is 15.0 Å². The van der Waals surface area contributed by atoms with Crippen LogP contribution in [0.3, 0.4) is 0 Å². The summed E-state index contributed by atoms with van der Waals surface area (Å²) in [5.41, 5.74) is 0.874. The number of aromatic nitrogens is 2. The number of Topliss-reactive ketones (excluding diaryl/α,β-unsaturated/α-hetero) is 1. The van der Waals surface area contributed by atoms with Crippen LogP contribution in [0.25, 0.3) is 6.08 Å². The second kappa shape index (κ2) is 7.16. The van der Waals surface area contributed by atoms with Crippen LogP contribution >= 0.6 is 39.0 Å². The van der Waals surface area contributed by atoms with E-state index in [1.807, 2.05) is 25.1 Å². The molecule has 0 bridgehead atoms. The van der Waals surface area contributed by atoms with Crippen molar-refractivity contribution >= 4 is 55.9 Å². The summed E-state index contributed by atoms with van der Waals surface area (Å²) in [5, 5.41) is 18.1. The Morgan fingerprint density at radius 2 is 2.21 bits per heavy atom. The van der Waals surface area contributed by atoms with E-state index < -0.39 is 5.92 Å². The fourth-order valence-electron chi connectivity index (χ4n) is 2.26. The van der Waals surface area contributed by atoms with Gasteiger partial charge in [0.1, 0.15) is 21.7 Å². The van der Waals surface area contributed by atoms with Gasteiger partial charge < -0.3 is 4.74 Å². The van der Waals surface area contributed by atoms with Crippen molar-refractivity contribution < 1.29 is 9.53 Å². The van der Waals surface area contributed by atoms with Crippen molar-refractivity contribution in [2.75, 3.05) is 7.11 Å². The predicted molar refractivity (Wildman–Crippen MR) is 101 cm³/mol. The van der Waals surface area contributed by atoms with Gasteiger partial charge in [-0.1, -0.05) is 24.8 Å². The smallest absolute Gasteiger partial charge is 0.186 e. The van der Waals surface area contributed by atoms with E-state index in [1.54, 1.807) is 13.2 Å². The number of methoxy groups -OCH3 is 1. The normalized spacial score (nSPS) is 19.3. The van der Waals surface area contributed by atoms with E-state index in [-0.39, 0.29) is 5.78 Å². The SMILES string of the molecule is CCc1nnc([C@H]2C(=N)S/C(=C\c3ccc(OC)c(Br)c3)C2=O)s1. The predicted octanol–water partition coefficient (Wildman–Crippen LogP) is 4.29. The minimum atomic E-state index is -0.610. The van der Waals surface area contributed by atoms with Gasteiger partial charge in [0.15, 0.2) is 5.78 Å². The first kappa shape index (κ1) is 17.3. The molecule has 2 heterocycles. The quantitative estimate of drug-likeness (QED) is 0.742. The Hall–Kier alpha value is -1.51. The largest absolute Gasteiger partial charge is 0.496 e. The van der Waals surface area contributed by atoms with Crippen LogP contribution in [0.15, 0.2) is 27.6 Å². The van der Waals surface area contributed by atoms with Crippen molar-refractivity contribution in [3.05, 3.63) is 43.2 Å². The van der Waals surface area contributed by atoms with Gasteiger partial charge in [0.25, 0.3) is 0 Å². The zero-order valence-corrected chi connectivity index (χ0v) is 16.2. The van der Waals surface area contributed by atoms with Crippen molar-refractivity contribution in [1.82, 2.24) is 10.2 Å². The summed E-state index contributed by atoms with van der Waals surface area (Å²) in [4.78, 5) is 13.3. The maximum Gasteiger partial charge on any atom is 0.186 e. The molecule has 0 saturated carbocycles. The Morgan fingerprint density at radius 3 is 2.83 bits per heavy atom. The van der Waals surface area contributed by atoms with Gasteiger partial charge in [-0.15, -0.1) is 21.5 Å². The standard InChI is InChI=1S/C16H14BrN3O2S2/c1-3-12-19-20-16(24-12)13-14(21)11(23-15(13)18)7-8-4-5-10(22-2)9(17)6-8/h4-7,13,18H,3H2,1-2H3/b11-7-,18-15?/t13-/m1/s1. The number of ether oxygens (including phenoxy) is 1. The summed E-state index contributed by atoms with van der Waals surface area (Å²) in [6, 6.07) is 5.60. The Bertz CT molecular complexity index is 848. The van der Waals surface area contributed by atoms with Gasteiger partial charge in [-0.3, -0.25) is 10.2 Å². The molecule has 0 radical (unpaired) electrons. The summed E-state index contributed by atoms with van der Waals surface area (Å²) >= 11 is 6.03. The average Bonchev–Trinajstić information content (AvgIpc) is 3.12. The third-order valence-corrected chi connectivity index (χ3v) is 6.24. The van der Waals surface area contributed by atoms with Crippen LogP contribution in [0, 0.1) is 5.41 Å². The molecule has 1 aromatic carbocycles. The number of aryl methyl sites for hydroxylation is 1. The number of ketones is 1. The molecular weight excluding hydrogens is 410 g/mol. The van der Waals surface area contributed by atoms with Crippen molar-refractivity contribution in [3.63, 3.8) is 0 Å². The number of carbonyl (C=O) groups is 1. The lowest BCUT2D eigenvalue weighted by Crippen LogP contribution is -2.11. The molecule has 5 nitrogen and oxygen atoms in total. The molecule has 1 fully saturated rings. The number of carbonyl (C=O) groups excluding carboxylic acids is 1. The summed E-state index contributed by atoms with van der Waals surface area (Å²) in [6.45, 7) is 1.99. The van der Waals surface area contributed by atoms with Gasteiger partial charge >= 0.3 is 0 Å². The van der Waals surface area contributed by atoms with Crippen molar-refractivity contribution in [2.45, 2.75) is 19.3 Å². The number of thioether (sulfide) groups is 1. The van der Waals surface area contributed by atoms with E-state index in [9.17, 15) is 4.79 Å². The Labute approximate surface area is 156 Å². The monoisotopic (exact) mass is 423 g/mol. The van der Waals surface area contributed by atoms with Gasteiger partial charge in [-0.2, -0.15) is 0 Å². The van der Waals surface area contributed by atoms with Crippen LogP contribution in [0.2, 0.25) is 0 Å². The number of hydrogen-bond acceptors (Lipinski definition) is 7. The van der Waals surface area contributed by atoms with E-state index in [2.05, 4.69) is 26.1 Å². The molecule has 2 aromatic rings. The number of halogens is 1. The Morgan fingerprint density at radius 1 is 1.42 bits per heavy atom. The fourth-order valence-corrected chi connectivity index (χ4v) is 4.78. The molecule has 8 heteroatoms. The highest BCUT2D eigenvalue weighted by Gasteiger charge is 2.39. The van der Waals surface area contributed by atoms with Crippen LogP contribution in [-0.4, -0.2) is 28.1 Å². The first-order valence-electron chi connectivity index (χ1n) is 7.21. The number of rotatable bonds is 4. The van der Waals surface area contributed by atoms with Crippen molar-refractivity contribution in [3.8, 4) is 5.75 Å². The Balaban J connectivity index is 1.89. The van der Waals surface area contributed by atoms with E-state index in [1.165, 1.54) is 23.1 Å². The van der Waals surface area contributed by atoms with E-state index >= 15 is 0 Å². The van der Waals surface area contributed by atoms with Crippen LogP contribution in [0.5, 0.6) is 5.75 Å². The summed E-state index contributed by atoms with van der Waals surface area (Å²) < 4.78 is 6.03. The van der Waals surface area contributed by atoms with Gasteiger partial charge in [-0.25, -0.2) is 0 Å². The number of benzene rings is 1. The second-order valence-corrected chi connectivity index (χ2v) is 8.09. The highest BCUT2D eigenvalue weighted by Crippen LogP contribution is 2.41. The number of hydrogen-bond donors (Lipinski definition) is 1. The molecule has 1 atom stereocenters. The lowest BCUT2D eigenvalue weighted by atomic mass is 10.1. The summed E-state index contributed by atoms with van der Waals surface area (Å²) in [6.07, 6.45) is 2.58. The molecular formula is C16H14BrN3O2S2. The van der Waals surface area contributed by atoms with Crippen molar-refractivity contribution in [2.24, 2.45) is 0 Å². The van der Waals surface area contributed by atoms with Gasteiger partial charge in [-0.05, 0) is 46.1 Å². The molecule has 0 amide bonds. The first-order valence-corrected chi connectivity index (χ1v) is 9.64. The van der Waals surface area contributed by atoms with E-state index in [4.69, 9.17) is 10.1 Å². The molecule has 1 N–H and O–H groups in total. The first-order chi connectivity index (χ1) is 11.5. The lowest BCUT2D eigenvalue weighted by molar-refractivity contribution is -0.114. The molecule has 3 rings (SSSR count). The lowest BCUT2D eigenvalue weighted by Gasteiger charge is -2.04. The van der Waals surface area contributed by atoms with Gasteiger partial charge in [0.05, 0.1) is 21.5 Å². The molecule has 124 valence electrons.